The lowest BCUT2D eigenvalue weighted by molar-refractivity contribution is -0.870. The fourth-order valence-electron chi connectivity index (χ4n) is 7.98. The summed E-state index contributed by atoms with van der Waals surface area (Å²) in [6.07, 6.45) is 74.5. The van der Waals surface area contributed by atoms with Gasteiger partial charge in [0.2, 0.25) is 0 Å². The maximum Gasteiger partial charge on any atom is 0.306 e. The molecule has 0 aromatic carbocycles. The van der Waals surface area contributed by atoms with E-state index in [1.807, 2.05) is 21.1 Å². The van der Waals surface area contributed by atoms with E-state index in [-0.39, 0.29) is 26.1 Å². The van der Waals surface area contributed by atoms with Crippen molar-refractivity contribution in [2.45, 2.75) is 251 Å². The van der Waals surface area contributed by atoms with Gasteiger partial charge in [-0.25, -0.2) is 0 Å². The number of unbranched alkanes of at least 4 members (excludes halogenated alkanes) is 24. The number of hydrogen-bond donors (Lipinski definition) is 0. The molecule has 0 rings (SSSR count). The topological polar surface area (TPSA) is 111 Å². The van der Waals surface area contributed by atoms with E-state index in [9.17, 15) is 19.0 Å². The number of nitrogens with zero attached hydrogens (tertiary/aromatic N) is 1. The maximum absolute atomic E-state index is 12.8. The molecule has 0 heterocycles. The zero-order valence-corrected chi connectivity index (χ0v) is 49.2. The molecule has 426 valence electrons. The van der Waals surface area contributed by atoms with Crippen molar-refractivity contribution in [1.82, 2.24) is 0 Å². The van der Waals surface area contributed by atoms with Gasteiger partial charge in [-0.05, 0) is 96.3 Å². The third-order valence-electron chi connectivity index (χ3n) is 12.6. The summed E-state index contributed by atoms with van der Waals surface area (Å²) < 4.78 is 34.2. The highest BCUT2D eigenvalue weighted by Gasteiger charge is 2.22. The average Bonchev–Trinajstić information content (AvgIpc) is 3.36. The van der Waals surface area contributed by atoms with Gasteiger partial charge < -0.3 is 27.9 Å². The van der Waals surface area contributed by atoms with E-state index in [1.54, 1.807) is 0 Å². The first-order valence-electron chi connectivity index (χ1n) is 29.9. The largest absolute Gasteiger partial charge is 0.756 e. The minimum Gasteiger partial charge on any atom is -0.756 e. The van der Waals surface area contributed by atoms with Gasteiger partial charge in [0.15, 0.2) is 6.10 Å². The standard InChI is InChI=1S/C64H112NO8P/c1-6-8-10-12-14-16-18-20-22-24-26-28-30-31-32-33-35-37-39-41-43-45-47-49-51-53-55-57-64(67)73-62(61-72-74(68,69)71-59-58-65(3,4)5)60-70-63(66)56-54-52-50-48-46-44-42-40-38-36-34-29-27-25-23-21-19-17-15-13-11-9-7-2/h8,10,14,16,20,22,25-28,31-32,35,37,41,43,62H,6-7,9,11-13,15,17-19,21,23-24,29-30,33-34,36,38-40,42,44-61H2,1-5H3/b10-8-,16-14-,22-20-,27-25-,28-26-,32-31-,37-35-,43-41-. The third kappa shape index (κ3) is 58.2. The van der Waals surface area contributed by atoms with Crippen LogP contribution < -0.4 is 4.89 Å². The van der Waals surface area contributed by atoms with Crippen molar-refractivity contribution in [2.75, 3.05) is 47.5 Å². The first-order chi connectivity index (χ1) is 36.0. The van der Waals surface area contributed by atoms with Crippen LogP contribution in [0.4, 0.5) is 0 Å². The highest BCUT2D eigenvalue weighted by atomic mass is 31.2. The predicted octanol–water partition coefficient (Wildman–Crippen LogP) is 18.2. The zero-order valence-electron chi connectivity index (χ0n) is 48.3. The van der Waals surface area contributed by atoms with Crippen molar-refractivity contribution in [3.8, 4) is 0 Å². The van der Waals surface area contributed by atoms with Crippen molar-refractivity contribution in [2.24, 2.45) is 0 Å². The summed E-state index contributed by atoms with van der Waals surface area (Å²) in [5, 5.41) is 0. The normalized spacial score (nSPS) is 14.0. The van der Waals surface area contributed by atoms with E-state index in [1.165, 1.54) is 116 Å². The number of phosphoric ester groups is 1. The molecule has 0 spiro atoms. The van der Waals surface area contributed by atoms with Crippen molar-refractivity contribution in [1.29, 1.82) is 0 Å². The number of likely N-dealkylation sites (N-methyl/N-ethyl adjacent to an activating group) is 1. The van der Waals surface area contributed by atoms with Crippen LogP contribution in [0.15, 0.2) is 97.2 Å². The Balaban J connectivity index is 4.23. The Morgan fingerprint density at radius 2 is 0.770 bits per heavy atom. The van der Waals surface area contributed by atoms with Crippen LogP contribution in [-0.4, -0.2) is 70.0 Å². The molecule has 0 radical (unpaired) electrons. The summed E-state index contributed by atoms with van der Waals surface area (Å²) in [4.78, 5) is 37.9. The molecule has 0 fully saturated rings. The van der Waals surface area contributed by atoms with Gasteiger partial charge in [-0.3, -0.25) is 14.2 Å². The summed E-state index contributed by atoms with van der Waals surface area (Å²) in [5.41, 5.74) is 0. The Hall–Kier alpha value is -3.07. The lowest BCUT2D eigenvalue weighted by Gasteiger charge is -2.28. The van der Waals surface area contributed by atoms with Crippen LogP contribution in [-0.2, 0) is 32.7 Å². The molecule has 0 amide bonds. The molecule has 0 saturated carbocycles. The monoisotopic (exact) mass is 1050 g/mol. The lowest BCUT2D eigenvalue weighted by atomic mass is 10.0. The molecule has 0 aliphatic rings. The fraction of sp³-hybridized carbons (Fsp3) is 0.719. The average molecular weight is 1050 g/mol. The number of phosphoric acid groups is 1. The summed E-state index contributed by atoms with van der Waals surface area (Å²) in [6.45, 7) is 4.11. The van der Waals surface area contributed by atoms with Crippen LogP contribution in [0, 0.1) is 0 Å². The van der Waals surface area contributed by atoms with Gasteiger partial charge in [0.1, 0.15) is 19.8 Å². The van der Waals surface area contributed by atoms with E-state index < -0.39 is 32.5 Å². The van der Waals surface area contributed by atoms with Gasteiger partial charge in [0.25, 0.3) is 7.82 Å². The molecule has 2 atom stereocenters. The number of allylic oxidation sites excluding steroid dienone is 16. The molecular formula is C64H112NO8P. The van der Waals surface area contributed by atoms with E-state index in [4.69, 9.17) is 18.5 Å². The van der Waals surface area contributed by atoms with Gasteiger partial charge in [-0.1, -0.05) is 233 Å². The molecule has 74 heavy (non-hydrogen) atoms. The third-order valence-corrected chi connectivity index (χ3v) is 13.6. The number of ether oxygens (including phenoxy) is 2. The highest BCUT2D eigenvalue weighted by Crippen LogP contribution is 2.38. The smallest absolute Gasteiger partial charge is 0.306 e. The molecule has 10 heteroatoms. The molecule has 9 nitrogen and oxygen atoms in total. The minimum atomic E-state index is -4.65. The van der Waals surface area contributed by atoms with Gasteiger partial charge in [-0.2, -0.15) is 0 Å². The summed E-state index contributed by atoms with van der Waals surface area (Å²) >= 11 is 0. The second kappa shape index (κ2) is 54.7. The van der Waals surface area contributed by atoms with Gasteiger partial charge in [0, 0.05) is 12.8 Å². The molecule has 0 aromatic rings. The van der Waals surface area contributed by atoms with Crippen LogP contribution in [0.5, 0.6) is 0 Å². The number of carbonyl (C=O) groups is 2. The number of hydrogen-bond acceptors (Lipinski definition) is 8. The van der Waals surface area contributed by atoms with E-state index in [2.05, 4.69) is 111 Å². The van der Waals surface area contributed by atoms with Crippen molar-refractivity contribution >= 4 is 19.8 Å². The summed E-state index contributed by atoms with van der Waals surface area (Å²) in [7, 11) is 1.14. The van der Waals surface area contributed by atoms with Crippen LogP contribution in [0.1, 0.15) is 245 Å². The Labute approximate surface area is 455 Å². The molecule has 0 aliphatic carbocycles. The number of esters is 2. The quantitative estimate of drug-likeness (QED) is 0.0195. The molecule has 0 saturated heterocycles. The first-order valence-corrected chi connectivity index (χ1v) is 31.4. The number of rotatable bonds is 54. The predicted molar refractivity (Wildman–Crippen MR) is 314 cm³/mol. The van der Waals surface area contributed by atoms with E-state index in [0.29, 0.717) is 17.4 Å². The highest BCUT2D eigenvalue weighted by molar-refractivity contribution is 7.45. The molecule has 0 aliphatic heterocycles. The number of quaternary nitrogens is 1. The van der Waals surface area contributed by atoms with Gasteiger partial charge in [0.05, 0.1) is 27.7 Å². The molecule has 2 unspecified atom stereocenters. The Morgan fingerprint density at radius 3 is 1.16 bits per heavy atom. The van der Waals surface area contributed by atoms with Crippen LogP contribution in [0.3, 0.4) is 0 Å². The molecule has 0 bridgehead atoms. The maximum atomic E-state index is 12.8. The Kier molecular flexibility index (Phi) is 52.4. The second-order valence-electron chi connectivity index (χ2n) is 21.0. The van der Waals surface area contributed by atoms with Crippen LogP contribution in [0.2, 0.25) is 0 Å². The minimum absolute atomic E-state index is 0.0396. The Bertz CT molecular complexity index is 1570. The zero-order chi connectivity index (χ0) is 54.2. The Morgan fingerprint density at radius 1 is 0.432 bits per heavy atom. The molecular weight excluding hydrogens is 942 g/mol. The van der Waals surface area contributed by atoms with Crippen molar-refractivity contribution in [3.63, 3.8) is 0 Å². The van der Waals surface area contributed by atoms with Gasteiger partial charge in [-0.15, -0.1) is 0 Å². The number of carbonyl (C=O) groups excluding carboxylic acids is 2. The van der Waals surface area contributed by atoms with Gasteiger partial charge >= 0.3 is 11.9 Å². The van der Waals surface area contributed by atoms with E-state index >= 15 is 0 Å². The van der Waals surface area contributed by atoms with Crippen molar-refractivity contribution < 1.29 is 42.1 Å². The summed E-state index contributed by atoms with van der Waals surface area (Å²) in [6, 6.07) is 0. The lowest BCUT2D eigenvalue weighted by Crippen LogP contribution is -2.37. The molecule has 0 aromatic heterocycles. The first kappa shape index (κ1) is 70.9. The van der Waals surface area contributed by atoms with Crippen molar-refractivity contribution in [3.05, 3.63) is 97.2 Å². The SMILES string of the molecule is CC/C=C\C/C=C\C/C=C\C/C=C\C/C=C\C/C=C\C/C=C\CCCCCCCC(=O)OC(COC(=O)CCCCCCCCCCCCC/C=C\CCCCCCCCCC)COP(=O)([O-])OCC[N+](C)(C)C. The summed E-state index contributed by atoms with van der Waals surface area (Å²) in [5.74, 6) is -0.857. The van der Waals surface area contributed by atoms with E-state index in [0.717, 1.165) is 96.3 Å². The molecule has 0 N–H and O–H groups in total. The van der Waals surface area contributed by atoms with Crippen LogP contribution >= 0.6 is 7.82 Å². The fourth-order valence-corrected chi connectivity index (χ4v) is 8.71. The van der Waals surface area contributed by atoms with Crippen LogP contribution in [0.25, 0.3) is 0 Å². The second-order valence-corrected chi connectivity index (χ2v) is 22.4.